The molecule has 0 fully saturated rings. The number of nitrogens with zero attached hydrogens (tertiary/aromatic N) is 2. The molecule has 0 saturated carbocycles. The van der Waals surface area contributed by atoms with E-state index in [-0.39, 0.29) is 0 Å². The lowest BCUT2D eigenvalue weighted by Crippen LogP contribution is -2.26. The van der Waals surface area contributed by atoms with Gasteiger partial charge < -0.3 is 9.80 Å². The Labute approximate surface area is 197 Å². The molecular formula is C29H58N2. The minimum absolute atomic E-state index is 1.13. The average molecular weight is 435 g/mol. The molecule has 0 amide bonds. The van der Waals surface area contributed by atoms with Crippen molar-refractivity contribution in [3.63, 3.8) is 0 Å². The minimum Gasteiger partial charge on any atom is -0.359 e. The van der Waals surface area contributed by atoms with Gasteiger partial charge in [0, 0.05) is 25.5 Å². The highest BCUT2D eigenvalue weighted by atomic mass is 15.3. The zero-order valence-electron chi connectivity index (χ0n) is 21.7. The standard InChI is InChI=1S/C29H58N2/c1-3-5-7-9-11-13-15-16-18-20-22-24-26-31-28-27-30(29-31)25-23-21-19-17-14-12-10-8-6-4-2/h27-28H,3-26,29H2,1-2H3. The van der Waals surface area contributed by atoms with E-state index in [1.807, 2.05) is 0 Å². The van der Waals surface area contributed by atoms with Crippen molar-refractivity contribution >= 4 is 0 Å². The van der Waals surface area contributed by atoms with E-state index in [9.17, 15) is 0 Å². The van der Waals surface area contributed by atoms with Gasteiger partial charge in [0.1, 0.15) is 0 Å². The number of rotatable bonds is 24. The first-order valence-corrected chi connectivity index (χ1v) is 14.5. The average Bonchev–Trinajstić information content (AvgIpc) is 3.23. The van der Waals surface area contributed by atoms with Gasteiger partial charge in [-0.1, -0.05) is 142 Å². The molecule has 184 valence electrons. The predicted octanol–water partition coefficient (Wildman–Crippen LogP) is 9.65. The summed E-state index contributed by atoms with van der Waals surface area (Å²) in [5, 5.41) is 0. The van der Waals surface area contributed by atoms with E-state index in [1.165, 1.54) is 154 Å². The van der Waals surface area contributed by atoms with Crippen LogP contribution in [0, 0.1) is 0 Å². The summed E-state index contributed by atoms with van der Waals surface area (Å²) in [4.78, 5) is 5.04. The lowest BCUT2D eigenvalue weighted by atomic mass is 10.1. The Morgan fingerprint density at radius 1 is 0.387 bits per heavy atom. The van der Waals surface area contributed by atoms with Crippen LogP contribution in [-0.2, 0) is 0 Å². The summed E-state index contributed by atoms with van der Waals surface area (Å²) >= 11 is 0. The van der Waals surface area contributed by atoms with E-state index in [4.69, 9.17) is 0 Å². The molecule has 0 spiro atoms. The van der Waals surface area contributed by atoms with E-state index >= 15 is 0 Å². The highest BCUT2D eigenvalue weighted by Crippen LogP contribution is 2.15. The smallest absolute Gasteiger partial charge is 0.0893 e. The van der Waals surface area contributed by atoms with Gasteiger partial charge in [-0.15, -0.1) is 0 Å². The summed E-state index contributed by atoms with van der Waals surface area (Å²) < 4.78 is 0. The Morgan fingerprint density at radius 2 is 0.645 bits per heavy atom. The molecule has 0 bridgehead atoms. The van der Waals surface area contributed by atoms with E-state index in [0.717, 1.165) is 6.67 Å². The molecule has 0 unspecified atom stereocenters. The molecule has 1 heterocycles. The molecule has 0 aromatic rings. The monoisotopic (exact) mass is 434 g/mol. The minimum atomic E-state index is 1.13. The van der Waals surface area contributed by atoms with Crippen LogP contribution < -0.4 is 0 Å². The van der Waals surface area contributed by atoms with Crippen LogP contribution in [0.5, 0.6) is 0 Å². The molecule has 0 aromatic heterocycles. The second-order valence-electron chi connectivity index (χ2n) is 10.1. The second-order valence-corrected chi connectivity index (χ2v) is 10.1. The normalized spacial score (nSPS) is 13.6. The molecule has 1 aliphatic rings. The largest absolute Gasteiger partial charge is 0.359 e. The Balaban J connectivity index is 1.78. The van der Waals surface area contributed by atoms with Crippen LogP contribution in [-0.4, -0.2) is 29.6 Å². The second kappa shape index (κ2) is 22.5. The van der Waals surface area contributed by atoms with Gasteiger partial charge in [-0.3, -0.25) is 0 Å². The van der Waals surface area contributed by atoms with Crippen molar-refractivity contribution < 1.29 is 0 Å². The quantitative estimate of drug-likeness (QED) is 0.139. The van der Waals surface area contributed by atoms with Crippen LogP contribution >= 0.6 is 0 Å². The molecule has 2 nitrogen and oxygen atoms in total. The van der Waals surface area contributed by atoms with Gasteiger partial charge in [-0.2, -0.15) is 0 Å². The van der Waals surface area contributed by atoms with E-state index in [1.54, 1.807) is 0 Å². The first kappa shape index (κ1) is 28.4. The zero-order valence-corrected chi connectivity index (χ0v) is 21.7. The third-order valence-corrected chi connectivity index (χ3v) is 6.95. The van der Waals surface area contributed by atoms with Crippen molar-refractivity contribution in [3.05, 3.63) is 12.4 Å². The van der Waals surface area contributed by atoms with Crippen LogP contribution in [0.15, 0.2) is 12.4 Å². The summed E-state index contributed by atoms with van der Waals surface area (Å²) in [7, 11) is 0. The van der Waals surface area contributed by atoms with Crippen molar-refractivity contribution in [3.8, 4) is 0 Å². The maximum atomic E-state index is 2.52. The Bertz CT molecular complexity index is 379. The summed E-state index contributed by atoms with van der Waals surface area (Å²) in [6.45, 7) is 8.24. The highest BCUT2D eigenvalue weighted by molar-refractivity contribution is 4.90. The molecule has 31 heavy (non-hydrogen) atoms. The fourth-order valence-electron chi connectivity index (χ4n) is 4.76. The summed E-state index contributed by atoms with van der Waals surface area (Å²) in [6.07, 6.45) is 36.2. The zero-order chi connectivity index (χ0) is 22.2. The molecule has 0 atom stereocenters. The summed E-state index contributed by atoms with van der Waals surface area (Å²) in [5.41, 5.74) is 0. The number of unbranched alkanes of at least 4 members (excludes halogenated alkanes) is 20. The Hall–Kier alpha value is -0.660. The van der Waals surface area contributed by atoms with Crippen molar-refractivity contribution in [1.82, 2.24) is 9.80 Å². The molecule has 0 N–H and O–H groups in total. The maximum absolute atomic E-state index is 2.52. The third kappa shape index (κ3) is 18.6. The Morgan fingerprint density at radius 3 is 0.935 bits per heavy atom. The van der Waals surface area contributed by atoms with Crippen molar-refractivity contribution in [2.75, 3.05) is 19.8 Å². The van der Waals surface area contributed by atoms with Gasteiger partial charge in [0.25, 0.3) is 0 Å². The van der Waals surface area contributed by atoms with Crippen LogP contribution in [0.25, 0.3) is 0 Å². The molecule has 2 heteroatoms. The van der Waals surface area contributed by atoms with Gasteiger partial charge in [-0.25, -0.2) is 0 Å². The fourth-order valence-corrected chi connectivity index (χ4v) is 4.76. The lowest BCUT2D eigenvalue weighted by Gasteiger charge is -2.21. The highest BCUT2D eigenvalue weighted by Gasteiger charge is 2.10. The van der Waals surface area contributed by atoms with Gasteiger partial charge in [-0.05, 0) is 12.8 Å². The summed E-state index contributed by atoms with van der Waals surface area (Å²) in [5.74, 6) is 0. The van der Waals surface area contributed by atoms with Crippen LogP contribution in [0.2, 0.25) is 0 Å². The van der Waals surface area contributed by atoms with Gasteiger partial charge in [0.2, 0.25) is 0 Å². The number of hydrogen-bond donors (Lipinski definition) is 0. The lowest BCUT2D eigenvalue weighted by molar-refractivity contribution is 0.257. The van der Waals surface area contributed by atoms with E-state index in [0.29, 0.717) is 0 Å². The van der Waals surface area contributed by atoms with Crippen LogP contribution in [0.4, 0.5) is 0 Å². The third-order valence-electron chi connectivity index (χ3n) is 6.95. The topological polar surface area (TPSA) is 6.48 Å². The molecule has 1 aliphatic heterocycles. The van der Waals surface area contributed by atoms with Crippen LogP contribution in [0.3, 0.4) is 0 Å². The van der Waals surface area contributed by atoms with Gasteiger partial charge >= 0.3 is 0 Å². The molecule has 0 aliphatic carbocycles. The van der Waals surface area contributed by atoms with Crippen molar-refractivity contribution in [2.24, 2.45) is 0 Å². The molecular weight excluding hydrogens is 376 g/mol. The molecule has 0 saturated heterocycles. The first-order chi connectivity index (χ1) is 15.4. The van der Waals surface area contributed by atoms with Gasteiger partial charge in [0.05, 0.1) is 6.67 Å². The van der Waals surface area contributed by atoms with Crippen LogP contribution in [0.1, 0.15) is 155 Å². The fraction of sp³-hybridized carbons (Fsp3) is 0.931. The molecule has 0 radical (unpaired) electrons. The van der Waals surface area contributed by atoms with E-state index < -0.39 is 0 Å². The molecule has 1 rings (SSSR count). The van der Waals surface area contributed by atoms with Crippen molar-refractivity contribution in [2.45, 2.75) is 155 Å². The first-order valence-electron chi connectivity index (χ1n) is 14.5. The van der Waals surface area contributed by atoms with Gasteiger partial charge in [0.15, 0.2) is 0 Å². The van der Waals surface area contributed by atoms with Crippen molar-refractivity contribution in [1.29, 1.82) is 0 Å². The Kier molecular flexibility index (Phi) is 20.6. The number of hydrogen-bond acceptors (Lipinski definition) is 2. The summed E-state index contributed by atoms with van der Waals surface area (Å²) in [6, 6.07) is 0. The van der Waals surface area contributed by atoms with E-state index in [2.05, 4.69) is 36.0 Å². The SMILES string of the molecule is CCCCCCCCCCCCCCN1C=CN(CCCCCCCCCCCC)C1. The maximum Gasteiger partial charge on any atom is 0.0893 e. The molecule has 0 aromatic carbocycles. The predicted molar refractivity (Wildman–Crippen MR) is 140 cm³/mol.